The molecule has 0 saturated heterocycles. The molecule has 4 heteroatoms. The number of fused-ring (bicyclic) bond motifs is 1. The van der Waals surface area contributed by atoms with E-state index < -0.39 is 0 Å². The van der Waals surface area contributed by atoms with Gasteiger partial charge in [-0.2, -0.15) is 0 Å². The summed E-state index contributed by atoms with van der Waals surface area (Å²) in [5.41, 5.74) is 9.09. The predicted octanol–water partition coefficient (Wildman–Crippen LogP) is 3.81. The Labute approximate surface area is 128 Å². The van der Waals surface area contributed by atoms with Crippen molar-refractivity contribution in [2.75, 3.05) is 12.3 Å². The van der Waals surface area contributed by atoms with Gasteiger partial charge >= 0.3 is 0 Å². The second-order valence-corrected chi connectivity index (χ2v) is 5.58. The highest BCUT2D eigenvalue weighted by atomic mass is 35.5. The number of hydrogen-bond donors (Lipinski definition) is 1. The molecule has 2 aromatic rings. The highest BCUT2D eigenvalue weighted by Gasteiger charge is 2.23. The number of nitrogens with two attached hydrogens (primary N) is 1. The van der Waals surface area contributed by atoms with Gasteiger partial charge in [-0.1, -0.05) is 35.9 Å². The van der Waals surface area contributed by atoms with Gasteiger partial charge in [0.1, 0.15) is 0 Å². The van der Waals surface area contributed by atoms with E-state index in [1.54, 1.807) is 18.2 Å². The predicted molar refractivity (Wildman–Crippen MR) is 83.7 cm³/mol. The molecule has 1 aliphatic heterocycles. The van der Waals surface area contributed by atoms with E-state index in [9.17, 15) is 4.79 Å². The van der Waals surface area contributed by atoms with Gasteiger partial charge in [-0.3, -0.25) is 4.79 Å². The summed E-state index contributed by atoms with van der Waals surface area (Å²) in [6.07, 6.45) is 1.03. The normalized spacial score (nSPS) is 17.3. The van der Waals surface area contributed by atoms with Crippen molar-refractivity contribution < 1.29 is 9.53 Å². The van der Waals surface area contributed by atoms with Crippen LogP contribution in [-0.4, -0.2) is 12.4 Å². The fourth-order valence-electron chi connectivity index (χ4n) is 2.63. The molecule has 3 nitrogen and oxygen atoms in total. The number of carbonyl (C=O) groups excluding carboxylic acids is 1. The number of anilines is 1. The highest BCUT2D eigenvalue weighted by molar-refractivity contribution is 6.33. The molecule has 0 amide bonds. The zero-order chi connectivity index (χ0) is 14.8. The van der Waals surface area contributed by atoms with Crippen molar-refractivity contribution in [2.24, 2.45) is 0 Å². The van der Waals surface area contributed by atoms with Gasteiger partial charge in [-0.15, -0.1) is 0 Å². The molecule has 0 spiro atoms. The van der Waals surface area contributed by atoms with E-state index in [-0.39, 0.29) is 11.9 Å². The Morgan fingerprint density at radius 2 is 2.10 bits per heavy atom. The standard InChI is InChI=1S/C17H16ClNO2/c18-14-9-12(5-6-15(14)19)16(20)10-17-13-4-2-1-3-11(13)7-8-21-17/h1-6,9,17H,7-8,10,19H2. The number of ketones is 1. The third-order valence-corrected chi connectivity index (χ3v) is 4.11. The maximum atomic E-state index is 12.4. The first kappa shape index (κ1) is 14.1. The topological polar surface area (TPSA) is 52.3 Å². The van der Waals surface area contributed by atoms with E-state index in [0.717, 1.165) is 12.0 Å². The summed E-state index contributed by atoms with van der Waals surface area (Å²) in [5, 5.41) is 0.408. The van der Waals surface area contributed by atoms with Gasteiger partial charge in [-0.05, 0) is 35.7 Å². The van der Waals surface area contributed by atoms with Crippen molar-refractivity contribution in [3.8, 4) is 0 Å². The van der Waals surface area contributed by atoms with Crippen LogP contribution in [0.25, 0.3) is 0 Å². The molecule has 3 rings (SSSR count). The number of hydrogen-bond acceptors (Lipinski definition) is 3. The number of benzene rings is 2. The first-order valence-electron chi connectivity index (χ1n) is 6.93. The lowest BCUT2D eigenvalue weighted by Gasteiger charge is -2.25. The van der Waals surface area contributed by atoms with Crippen LogP contribution in [0.15, 0.2) is 42.5 Å². The number of rotatable bonds is 3. The Kier molecular flexibility index (Phi) is 3.95. The number of ether oxygens (including phenoxy) is 1. The van der Waals surface area contributed by atoms with Crippen molar-refractivity contribution in [2.45, 2.75) is 18.9 Å². The maximum absolute atomic E-state index is 12.4. The van der Waals surface area contributed by atoms with Crippen LogP contribution in [0.5, 0.6) is 0 Å². The van der Waals surface area contributed by atoms with Crippen LogP contribution >= 0.6 is 11.6 Å². The number of halogens is 1. The molecule has 1 aliphatic rings. The molecule has 0 aliphatic carbocycles. The van der Waals surface area contributed by atoms with Crippen molar-refractivity contribution in [3.05, 3.63) is 64.2 Å². The van der Waals surface area contributed by atoms with Gasteiger partial charge in [0.25, 0.3) is 0 Å². The minimum absolute atomic E-state index is 0.0126. The zero-order valence-electron chi connectivity index (χ0n) is 11.5. The van der Waals surface area contributed by atoms with E-state index in [4.69, 9.17) is 22.1 Å². The van der Waals surface area contributed by atoms with Crippen molar-refractivity contribution in [3.63, 3.8) is 0 Å². The van der Waals surface area contributed by atoms with Crippen molar-refractivity contribution in [1.29, 1.82) is 0 Å². The monoisotopic (exact) mass is 301 g/mol. The lowest BCUT2D eigenvalue weighted by Crippen LogP contribution is -2.19. The van der Waals surface area contributed by atoms with E-state index in [1.807, 2.05) is 18.2 Å². The molecule has 0 fully saturated rings. The first-order chi connectivity index (χ1) is 10.1. The van der Waals surface area contributed by atoms with Crippen LogP contribution in [0.2, 0.25) is 5.02 Å². The van der Waals surface area contributed by atoms with Gasteiger partial charge in [0, 0.05) is 12.0 Å². The first-order valence-corrected chi connectivity index (χ1v) is 7.30. The largest absolute Gasteiger partial charge is 0.398 e. The fraction of sp³-hybridized carbons (Fsp3) is 0.235. The number of Topliss-reactive ketones (excluding diaryl/α,β-unsaturated/α-hetero) is 1. The smallest absolute Gasteiger partial charge is 0.165 e. The lowest BCUT2D eigenvalue weighted by atomic mass is 9.93. The minimum atomic E-state index is -0.182. The van der Waals surface area contributed by atoms with E-state index >= 15 is 0 Å². The van der Waals surface area contributed by atoms with Crippen LogP contribution in [0.3, 0.4) is 0 Å². The Morgan fingerprint density at radius 1 is 1.29 bits per heavy atom. The zero-order valence-corrected chi connectivity index (χ0v) is 12.3. The Bertz CT molecular complexity index is 684. The second-order valence-electron chi connectivity index (χ2n) is 5.17. The molecular formula is C17H16ClNO2. The average Bonchev–Trinajstić information content (AvgIpc) is 2.50. The lowest BCUT2D eigenvalue weighted by molar-refractivity contribution is 0.0352. The van der Waals surface area contributed by atoms with Crippen molar-refractivity contribution >= 4 is 23.1 Å². The molecule has 108 valence electrons. The SMILES string of the molecule is Nc1ccc(C(=O)CC2OCCc3ccccc32)cc1Cl. The molecular weight excluding hydrogens is 286 g/mol. The molecule has 1 heterocycles. The van der Waals surface area contributed by atoms with Gasteiger partial charge < -0.3 is 10.5 Å². The molecule has 0 aromatic heterocycles. The summed E-state index contributed by atoms with van der Waals surface area (Å²) in [6, 6.07) is 13.1. The third-order valence-electron chi connectivity index (χ3n) is 3.79. The van der Waals surface area contributed by atoms with Crippen LogP contribution in [0.1, 0.15) is 34.0 Å². The number of carbonyl (C=O) groups is 1. The van der Waals surface area contributed by atoms with E-state index in [2.05, 4.69) is 6.07 Å². The molecule has 1 unspecified atom stereocenters. The minimum Gasteiger partial charge on any atom is -0.398 e. The van der Waals surface area contributed by atoms with Crippen LogP contribution in [0.4, 0.5) is 5.69 Å². The summed E-state index contributed by atoms with van der Waals surface area (Å²) in [7, 11) is 0. The molecule has 21 heavy (non-hydrogen) atoms. The summed E-state index contributed by atoms with van der Waals surface area (Å²) in [5.74, 6) is 0.0126. The summed E-state index contributed by atoms with van der Waals surface area (Å²) < 4.78 is 5.77. The third kappa shape index (κ3) is 2.94. The quantitative estimate of drug-likeness (QED) is 0.693. The van der Waals surface area contributed by atoms with Crippen LogP contribution in [0, 0.1) is 0 Å². The van der Waals surface area contributed by atoms with Crippen LogP contribution < -0.4 is 5.73 Å². The molecule has 2 N–H and O–H groups in total. The van der Waals surface area contributed by atoms with E-state index in [0.29, 0.717) is 29.3 Å². The maximum Gasteiger partial charge on any atom is 0.165 e. The Hall–Kier alpha value is -1.84. The molecule has 0 radical (unpaired) electrons. The summed E-state index contributed by atoms with van der Waals surface area (Å²) in [4.78, 5) is 12.4. The molecule has 1 atom stereocenters. The van der Waals surface area contributed by atoms with Gasteiger partial charge in [0.2, 0.25) is 0 Å². The van der Waals surface area contributed by atoms with Crippen molar-refractivity contribution in [1.82, 2.24) is 0 Å². The Morgan fingerprint density at radius 3 is 2.90 bits per heavy atom. The second kappa shape index (κ2) is 5.88. The molecule has 2 aromatic carbocycles. The van der Waals surface area contributed by atoms with Gasteiger partial charge in [-0.25, -0.2) is 0 Å². The van der Waals surface area contributed by atoms with Crippen LogP contribution in [-0.2, 0) is 11.2 Å². The van der Waals surface area contributed by atoms with Gasteiger partial charge in [0.05, 0.1) is 23.4 Å². The fourth-order valence-corrected chi connectivity index (χ4v) is 2.81. The summed E-state index contributed by atoms with van der Waals surface area (Å²) >= 11 is 5.97. The Balaban J connectivity index is 1.81. The average molecular weight is 302 g/mol. The number of nitrogen functional groups attached to an aromatic ring is 1. The highest BCUT2D eigenvalue weighted by Crippen LogP contribution is 2.31. The van der Waals surface area contributed by atoms with Gasteiger partial charge in [0.15, 0.2) is 5.78 Å². The summed E-state index contributed by atoms with van der Waals surface area (Å²) in [6.45, 7) is 0.650. The molecule has 0 saturated carbocycles. The van der Waals surface area contributed by atoms with E-state index in [1.165, 1.54) is 5.56 Å². The molecule has 0 bridgehead atoms.